The number of amides is 2. The van der Waals surface area contributed by atoms with Gasteiger partial charge in [0.15, 0.2) is 0 Å². The fraction of sp³-hybridized carbons (Fsp3) is 0.633. The van der Waals surface area contributed by atoms with Crippen molar-refractivity contribution in [3.63, 3.8) is 0 Å². The number of pyridine rings is 1. The summed E-state index contributed by atoms with van der Waals surface area (Å²) in [5.74, 6) is 1.64. The molecule has 2 aliphatic heterocycles. The SMILES string of the molecule is COc1cc2ccnc3c2cc1C(C)CC(C)(C)COC(=O)N[C@@H](C1CCCCC1)C(=O)N1CC[C@H](C1)O3. The zero-order valence-corrected chi connectivity index (χ0v) is 23.1. The molecule has 0 spiro atoms. The van der Waals surface area contributed by atoms with Crippen LogP contribution in [0.4, 0.5) is 4.79 Å². The highest BCUT2D eigenvalue weighted by Gasteiger charge is 2.38. The summed E-state index contributed by atoms with van der Waals surface area (Å²) in [7, 11) is 1.69. The molecule has 0 radical (unpaired) electrons. The minimum absolute atomic E-state index is 0.0324. The predicted molar refractivity (Wildman–Crippen MR) is 146 cm³/mol. The molecule has 2 fully saturated rings. The lowest BCUT2D eigenvalue weighted by Crippen LogP contribution is -2.52. The zero-order valence-electron chi connectivity index (χ0n) is 23.1. The molecular weight excluding hydrogens is 482 g/mol. The molecule has 1 N–H and O–H groups in total. The third kappa shape index (κ3) is 5.69. The smallest absolute Gasteiger partial charge is 0.407 e. The summed E-state index contributed by atoms with van der Waals surface area (Å²) in [4.78, 5) is 33.2. The normalized spacial score (nSPS) is 26.9. The molecule has 1 aromatic carbocycles. The predicted octanol–water partition coefficient (Wildman–Crippen LogP) is 5.43. The Morgan fingerprint density at radius 2 is 1.92 bits per heavy atom. The fourth-order valence-corrected chi connectivity index (χ4v) is 6.50. The Balaban J connectivity index is 1.50. The van der Waals surface area contributed by atoms with E-state index in [0.29, 0.717) is 19.0 Å². The molecule has 3 atom stereocenters. The van der Waals surface area contributed by atoms with Crippen LogP contribution in [0.15, 0.2) is 24.4 Å². The molecule has 8 nitrogen and oxygen atoms in total. The van der Waals surface area contributed by atoms with Gasteiger partial charge in [0.1, 0.15) is 17.9 Å². The van der Waals surface area contributed by atoms with Gasteiger partial charge in [-0.05, 0) is 65.7 Å². The van der Waals surface area contributed by atoms with E-state index < -0.39 is 12.1 Å². The first-order valence-electron chi connectivity index (χ1n) is 14.1. The van der Waals surface area contributed by atoms with E-state index in [4.69, 9.17) is 14.2 Å². The molecule has 1 unspecified atom stereocenters. The maximum atomic E-state index is 13.7. The number of benzene rings is 1. The maximum Gasteiger partial charge on any atom is 0.407 e. The lowest BCUT2D eigenvalue weighted by atomic mass is 9.80. The van der Waals surface area contributed by atoms with E-state index in [2.05, 4.69) is 37.1 Å². The third-order valence-corrected chi connectivity index (χ3v) is 8.46. The minimum atomic E-state index is -0.569. The second-order valence-electron chi connectivity index (χ2n) is 12.1. The largest absolute Gasteiger partial charge is 0.496 e. The lowest BCUT2D eigenvalue weighted by molar-refractivity contribution is -0.134. The first kappa shape index (κ1) is 26.6. The number of methoxy groups -OCH3 is 1. The number of nitrogens with one attached hydrogen (secondary N) is 1. The van der Waals surface area contributed by atoms with E-state index in [9.17, 15) is 9.59 Å². The molecule has 3 aliphatic rings. The van der Waals surface area contributed by atoms with Gasteiger partial charge in [0.25, 0.3) is 0 Å². The summed E-state index contributed by atoms with van der Waals surface area (Å²) in [6, 6.07) is 5.57. The van der Waals surface area contributed by atoms with E-state index in [1.54, 1.807) is 13.3 Å². The molecular formula is C30H41N3O5. The number of carbonyl (C=O) groups is 2. The molecule has 38 heavy (non-hydrogen) atoms. The Bertz CT molecular complexity index is 1180. The van der Waals surface area contributed by atoms with Crippen LogP contribution >= 0.6 is 0 Å². The van der Waals surface area contributed by atoms with Gasteiger partial charge in [0.05, 0.1) is 20.3 Å². The van der Waals surface area contributed by atoms with Crippen molar-refractivity contribution in [3.8, 4) is 11.6 Å². The average molecular weight is 524 g/mol. The quantitative estimate of drug-likeness (QED) is 0.564. The van der Waals surface area contributed by atoms with Crippen LogP contribution in [0.2, 0.25) is 0 Å². The molecule has 5 rings (SSSR count). The molecule has 1 aromatic heterocycles. The number of hydrogen-bond donors (Lipinski definition) is 1. The molecule has 206 valence electrons. The topological polar surface area (TPSA) is 90.0 Å². The number of aromatic nitrogens is 1. The van der Waals surface area contributed by atoms with E-state index >= 15 is 0 Å². The Labute approximate surface area is 225 Å². The van der Waals surface area contributed by atoms with Gasteiger partial charge in [-0.1, -0.05) is 40.0 Å². The second kappa shape index (κ2) is 11.0. The van der Waals surface area contributed by atoms with Gasteiger partial charge in [-0.2, -0.15) is 0 Å². The molecule has 1 saturated carbocycles. The van der Waals surface area contributed by atoms with Crippen LogP contribution in [0.3, 0.4) is 0 Å². The minimum Gasteiger partial charge on any atom is -0.496 e. The van der Waals surface area contributed by atoms with Crippen LogP contribution in [0.5, 0.6) is 11.6 Å². The lowest BCUT2D eigenvalue weighted by Gasteiger charge is -2.33. The molecule has 1 saturated heterocycles. The first-order valence-corrected chi connectivity index (χ1v) is 14.1. The van der Waals surface area contributed by atoms with Gasteiger partial charge in [-0.3, -0.25) is 4.79 Å². The Kier molecular flexibility index (Phi) is 7.68. The van der Waals surface area contributed by atoms with Crippen molar-refractivity contribution in [1.82, 2.24) is 15.2 Å². The van der Waals surface area contributed by atoms with Gasteiger partial charge in [-0.25, -0.2) is 9.78 Å². The van der Waals surface area contributed by atoms with Gasteiger partial charge in [0, 0.05) is 24.5 Å². The summed E-state index contributed by atoms with van der Waals surface area (Å²) in [6.45, 7) is 7.70. The number of carbonyl (C=O) groups excluding carboxylic acids is 2. The van der Waals surface area contributed by atoms with Crippen molar-refractivity contribution in [2.24, 2.45) is 11.3 Å². The molecule has 4 bridgehead atoms. The third-order valence-electron chi connectivity index (χ3n) is 8.46. The highest BCUT2D eigenvalue weighted by atomic mass is 16.5. The maximum absolute atomic E-state index is 13.7. The van der Waals surface area contributed by atoms with Crippen molar-refractivity contribution in [2.45, 2.75) is 83.8 Å². The van der Waals surface area contributed by atoms with Gasteiger partial charge in [-0.15, -0.1) is 0 Å². The highest BCUT2D eigenvalue weighted by Crippen LogP contribution is 2.40. The molecule has 8 heteroatoms. The number of ether oxygens (including phenoxy) is 3. The average Bonchev–Trinajstić information content (AvgIpc) is 3.38. The Hall–Kier alpha value is -3.03. The number of nitrogens with zero attached hydrogens (tertiary/aromatic N) is 2. The van der Waals surface area contributed by atoms with Crippen LogP contribution in [0.25, 0.3) is 10.8 Å². The van der Waals surface area contributed by atoms with E-state index in [1.807, 2.05) is 17.0 Å². The molecule has 3 heterocycles. The fourth-order valence-electron chi connectivity index (χ4n) is 6.50. The van der Waals surface area contributed by atoms with Crippen molar-refractivity contribution in [2.75, 3.05) is 26.8 Å². The standard InChI is InChI=1S/C30H41N3O5/c1-19-16-30(2,3)18-37-29(35)32-26(20-8-6-5-7-9-20)28(34)33-13-11-22(17-33)38-27-24-15-23(19)25(36-4)14-21(24)10-12-31-27/h10,12,14-15,19-20,22,26H,5-9,11,13,16-18H2,1-4H3,(H,32,35)/t19?,22-,26+/m1/s1. The van der Waals surface area contributed by atoms with Crippen LogP contribution in [-0.2, 0) is 9.53 Å². The first-order chi connectivity index (χ1) is 18.2. The van der Waals surface area contributed by atoms with Gasteiger partial charge in [0.2, 0.25) is 11.8 Å². The van der Waals surface area contributed by atoms with E-state index in [-0.39, 0.29) is 35.9 Å². The second-order valence-corrected chi connectivity index (χ2v) is 12.1. The number of cyclic esters (lactones) is 1. The summed E-state index contributed by atoms with van der Waals surface area (Å²) in [6.07, 6.45) is 7.81. The molecule has 1 aliphatic carbocycles. The van der Waals surface area contributed by atoms with E-state index in [1.165, 1.54) is 6.42 Å². The van der Waals surface area contributed by atoms with Crippen molar-refractivity contribution in [1.29, 1.82) is 0 Å². The monoisotopic (exact) mass is 523 g/mol. The van der Waals surface area contributed by atoms with Crippen LogP contribution in [0, 0.1) is 11.3 Å². The zero-order chi connectivity index (χ0) is 26.9. The van der Waals surface area contributed by atoms with Crippen molar-refractivity contribution >= 4 is 22.8 Å². The number of rotatable bonds is 2. The molecule has 2 amide bonds. The number of fused-ring (bicyclic) bond motifs is 3. The van der Waals surface area contributed by atoms with Gasteiger partial charge >= 0.3 is 6.09 Å². The Morgan fingerprint density at radius 3 is 2.68 bits per heavy atom. The van der Waals surface area contributed by atoms with Crippen LogP contribution < -0.4 is 14.8 Å². The number of alkyl carbamates (subject to hydrolysis) is 1. The summed E-state index contributed by atoms with van der Waals surface area (Å²) in [5, 5.41) is 4.92. The van der Waals surface area contributed by atoms with Crippen molar-refractivity contribution in [3.05, 3.63) is 30.0 Å². The summed E-state index contributed by atoms with van der Waals surface area (Å²) < 4.78 is 18.0. The van der Waals surface area contributed by atoms with Crippen LogP contribution in [-0.4, -0.2) is 60.8 Å². The van der Waals surface area contributed by atoms with Gasteiger partial charge < -0.3 is 24.4 Å². The van der Waals surface area contributed by atoms with Crippen LogP contribution in [0.1, 0.15) is 77.2 Å². The van der Waals surface area contributed by atoms with E-state index in [0.717, 1.165) is 60.6 Å². The molecule has 2 aromatic rings. The summed E-state index contributed by atoms with van der Waals surface area (Å²) >= 11 is 0. The van der Waals surface area contributed by atoms with Crippen molar-refractivity contribution < 1.29 is 23.8 Å². The Morgan fingerprint density at radius 1 is 1.13 bits per heavy atom. The highest BCUT2D eigenvalue weighted by molar-refractivity contribution is 5.89. The number of hydrogen-bond acceptors (Lipinski definition) is 6. The summed E-state index contributed by atoms with van der Waals surface area (Å²) in [5.41, 5.74) is 0.784.